The van der Waals surface area contributed by atoms with Gasteiger partial charge in [-0.25, -0.2) is 0 Å². The van der Waals surface area contributed by atoms with E-state index in [0.717, 1.165) is 0 Å². The number of aliphatic hydroxyl groups is 3. The van der Waals surface area contributed by atoms with Gasteiger partial charge >= 0.3 is 0 Å². The van der Waals surface area contributed by atoms with Gasteiger partial charge in [0.05, 0.1) is 48.8 Å². The summed E-state index contributed by atoms with van der Waals surface area (Å²) in [7, 11) is 4.72. The predicted octanol–water partition coefficient (Wildman–Crippen LogP) is 0.441. The van der Waals surface area contributed by atoms with Crippen LogP contribution in [0.5, 0.6) is 0 Å². The molecular weight excluding hydrogens is 532 g/mol. The van der Waals surface area contributed by atoms with E-state index < -0.39 is 80.1 Å². The summed E-state index contributed by atoms with van der Waals surface area (Å²) >= 11 is 0. The van der Waals surface area contributed by atoms with Gasteiger partial charge in [-0.3, -0.25) is 0 Å². The Hall–Kier alpha value is -0.520. The number of hydrogen-bond donors (Lipinski definition) is 3. The third-order valence-corrected chi connectivity index (χ3v) is 8.39. The SMILES string of the molecule is CO[C@@H]1C[C@H](O[C@H]2[C@H](O)C[C@H](O[C@H]3[C@H](C)O[C@H](O[C@H]4[C@H](C)O[C@H](O)C[C@H]4OC)C[C@H]3OC)O[C@@H]2C)O[C@H](C)[C@H]1O. The molecule has 4 aliphatic rings. The summed E-state index contributed by atoms with van der Waals surface area (Å²) in [5.41, 5.74) is 0. The lowest BCUT2D eigenvalue weighted by atomic mass is 9.99. The molecule has 0 unspecified atom stereocenters. The van der Waals surface area contributed by atoms with Crippen LogP contribution in [0.25, 0.3) is 0 Å². The van der Waals surface area contributed by atoms with Crippen molar-refractivity contribution in [3.8, 4) is 0 Å². The van der Waals surface area contributed by atoms with Crippen LogP contribution < -0.4 is 0 Å². The summed E-state index contributed by atoms with van der Waals surface area (Å²) in [6, 6.07) is 0. The zero-order valence-corrected chi connectivity index (χ0v) is 24.5. The molecule has 0 radical (unpaired) electrons. The number of rotatable bonds is 9. The Bertz CT molecular complexity index is 763. The average molecular weight is 581 g/mol. The lowest BCUT2D eigenvalue weighted by Gasteiger charge is -2.46. The molecule has 3 N–H and O–H groups in total. The molecule has 13 heteroatoms. The standard InChI is InChI=1S/C27H48O13/c1-12-24(30)17(31-5)10-22(35-12)38-25-13(2)36-21(8-16(25)28)39-27-15(4)37-23(11-19(27)33-7)40-26-14(3)34-20(29)9-18(26)32-6/h12-30H,8-11H2,1-7H3/t12-,13-,14+,15+,16-,17-,18-,19-,20+,21+,22+,23-,24-,25-,26+,27+/m1/s1. The fourth-order valence-corrected chi connectivity index (χ4v) is 6.12. The maximum Gasteiger partial charge on any atom is 0.161 e. The van der Waals surface area contributed by atoms with Gasteiger partial charge < -0.3 is 62.7 Å². The number of hydrogen-bond acceptors (Lipinski definition) is 13. The van der Waals surface area contributed by atoms with Gasteiger partial charge in [0.2, 0.25) is 0 Å². The molecule has 0 aromatic carbocycles. The summed E-state index contributed by atoms with van der Waals surface area (Å²) in [4.78, 5) is 0. The molecule has 234 valence electrons. The van der Waals surface area contributed by atoms with E-state index in [-0.39, 0.29) is 24.7 Å². The fraction of sp³-hybridized carbons (Fsp3) is 1.00. The summed E-state index contributed by atoms with van der Waals surface area (Å²) in [6.45, 7) is 7.27. The topological polar surface area (TPSA) is 153 Å². The average Bonchev–Trinajstić information content (AvgIpc) is 2.90. The molecule has 0 aromatic rings. The zero-order valence-electron chi connectivity index (χ0n) is 24.5. The van der Waals surface area contributed by atoms with Gasteiger partial charge in [0.1, 0.15) is 24.4 Å². The van der Waals surface area contributed by atoms with Crippen molar-refractivity contribution < 1.29 is 62.7 Å². The summed E-state index contributed by atoms with van der Waals surface area (Å²) in [5.74, 6) is 0. The molecule has 40 heavy (non-hydrogen) atoms. The van der Waals surface area contributed by atoms with Gasteiger partial charge in [-0.05, 0) is 27.7 Å². The Balaban J connectivity index is 1.31. The van der Waals surface area contributed by atoms with Gasteiger partial charge in [0, 0.05) is 47.0 Å². The highest BCUT2D eigenvalue weighted by atomic mass is 16.7. The highest BCUT2D eigenvalue weighted by Gasteiger charge is 2.47. The Morgan fingerprint density at radius 3 is 1.48 bits per heavy atom. The van der Waals surface area contributed by atoms with Crippen LogP contribution in [-0.2, 0) is 47.4 Å². The van der Waals surface area contributed by atoms with Crippen LogP contribution in [0.4, 0.5) is 0 Å². The second kappa shape index (κ2) is 14.3. The van der Waals surface area contributed by atoms with Crippen molar-refractivity contribution >= 4 is 0 Å². The van der Waals surface area contributed by atoms with E-state index in [4.69, 9.17) is 47.4 Å². The molecule has 16 atom stereocenters. The first-order chi connectivity index (χ1) is 19.0. The van der Waals surface area contributed by atoms with E-state index in [0.29, 0.717) is 19.3 Å². The molecule has 13 nitrogen and oxygen atoms in total. The molecule has 4 fully saturated rings. The highest BCUT2D eigenvalue weighted by Crippen LogP contribution is 2.34. The Kier molecular flexibility index (Phi) is 11.6. The third-order valence-electron chi connectivity index (χ3n) is 8.39. The van der Waals surface area contributed by atoms with E-state index in [1.54, 1.807) is 21.1 Å². The smallest absolute Gasteiger partial charge is 0.161 e. The molecule has 0 aromatic heterocycles. The first kappa shape index (κ1) is 32.4. The molecular formula is C27H48O13. The van der Waals surface area contributed by atoms with Crippen LogP contribution >= 0.6 is 0 Å². The van der Waals surface area contributed by atoms with Crippen molar-refractivity contribution in [3.63, 3.8) is 0 Å². The Morgan fingerprint density at radius 2 is 0.925 bits per heavy atom. The molecule has 4 rings (SSSR count). The van der Waals surface area contributed by atoms with Gasteiger partial charge in [-0.1, -0.05) is 0 Å². The second-order valence-corrected chi connectivity index (χ2v) is 11.2. The molecule has 4 heterocycles. The van der Waals surface area contributed by atoms with Gasteiger partial charge in [0.15, 0.2) is 25.2 Å². The van der Waals surface area contributed by atoms with Crippen LogP contribution in [0.2, 0.25) is 0 Å². The predicted molar refractivity (Wildman–Crippen MR) is 137 cm³/mol. The quantitative estimate of drug-likeness (QED) is 0.346. The van der Waals surface area contributed by atoms with Crippen LogP contribution in [0.15, 0.2) is 0 Å². The van der Waals surface area contributed by atoms with Crippen molar-refractivity contribution in [1.29, 1.82) is 0 Å². The highest BCUT2D eigenvalue weighted by molar-refractivity contribution is 4.90. The second-order valence-electron chi connectivity index (χ2n) is 11.2. The van der Waals surface area contributed by atoms with Crippen LogP contribution in [0, 0.1) is 0 Å². The molecule has 0 spiro atoms. The molecule has 0 aliphatic carbocycles. The minimum Gasteiger partial charge on any atom is -0.390 e. The van der Waals surface area contributed by atoms with Crippen molar-refractivity contribution in [2.75, 3.05) is 21.3 Å². The van der Waals surface area contributed by atoms with E-state index in [9.17, 15) is 15.3 Å². The molecule has 0 bridgehead atoms. The number of methoxy groups -OCH3 is 3. The molecule has 0 saturated carbocycles. The zero-order chi connectivity index (χ0) is 29.1. The van der Waals surface area contributed by atoms with E-state index in [1.165, 1.54) is 7.11 Å². The Labute approximate surface area is 236 Å². The van der Waals surface area contributed by atoms with Gasteiger partial charge in [-0.2, -0.15) is 0 Å². The van der Waals surface area contributed by atoms with Crippen molar-refractivity contribution in [2.45, 2.75) is 152 Å². The lowest BCUT2D eigenvalue weighted by Crippen LogP contribution is -2.57. The fourth-order valence-electron chi connectivity index (χ4n) is 6.12. The van der Waals surface area contributed by atoms with E-state index in [2.05, 4.69) is 0 Å². The first-order valence-electron chi connectivity index (χ1n) is 14.2. The van der Waals surface area contributed by atoms with Gasteiger partial charge in [-0.15, -0.1) is 0 Å². The summed E-state index contributed by atoms with van der Waals surface area (Å²) in [6.07, 6.45) is -7.66. The van der Waals surface area contributed by atoms with Crippen LogP contribution in [0.1, 0.15) is 53.4 Å². The normalized spacial score (nSPS) is 50.5. The van der Waals surface area contributed by atoms with Crippen molar-refractivity contribution in [1.82, 2.24) is 0 Å². The number of ether oxygens (including phenoxy) is 10. The maximum atomic E-state index is 11.0. The summed E-state index contributed by atoms with van der Waals surface area (Å²) in [5, 5.41) is 31.1. The molecule has 4 saturated heterocycles. The number of aliphatic hydroxyl groups excluding tert-OH is 3. The van der Waals surface area contributed by atoms with E-state index in [1.807, 2.05) is 20.8 Å². The van der Waals surface area contributed by atoms with Crippen LogP contribution in [0.3, 0.4) is 0 Å². The minimum absolute atomic E-state index is 0.183. The summed E-state index contributed by atoms with van der Waals surface area (Å²) < 4.78 is 58.9. The lowest BCUT2D eigenvalue weighted by molar-refractivity contribution is -0.344. The van der Waals surface area contributed by atoms with Crippen molar-refractivity contribution in [2.24, 2.45) is 0 Å². The first-order valence-corrected chi connectivity index (χ1v) is 14.2. The molecule has 0 amide bonds. The third kappa shape index (κ3) is 7.51. The van der Waals surface area contributed by atoms with Gasteiger partial charge in [0.25, 0.3) is 0 Å². The molecule has 4 aliphatic heterocycles. The monoisotopic (exact) mass is 580 g/mol. The van der Waals surface area contributed by atoms with Crippen molar-refractivity contribution in [3.05, 3.63) is 0 Å². The maximum absolute atomic E-state index is 11.0. The minimum atomic E-state index is -0.900. The largest absolute Gasteiger partial charge is 0.390 e. The Morgan fingerprint density at radius 1 is 0.500 bits per heavy atom. The van der Waals surface area contributed by atoms with Crippen LogP contribution in [-0.4, -0.2) is 135 Å². The van der Waals surface area contributed by atoms with E-state index >= 15 is 0 Å².